The standard InChI is InChI=1S/C26H27FN2/c1-3-5-20-7-9-22(10-8-20)18-28-29-19-23-13-16-25(26(27)17-23)24-14-11-21(6-4-2)12-15-24/h7-19H,3-6H2,1-2H3. The van der Waals surface area contributed by atoms with E-state index in [0.717, 1.165) is 36.8 Å². The molecule has 0 saturated heterocycles. The molecule has 0 radical (unpaired) electrons. The normalized spacial score (nSPS) is 11.6. The molecule has 148 valence electrons. The van der Waals surface area contributed by atoms with Crippen molar-refractivity contribution in [3.63, 3.8) is 0 Å². The quantitative estimate of drug-likeness (QED) is 0.299. The minimum Gasteiger partial charge on any atom is -0.206 e. The van der Waals surface area contributed by atoms with Gasteiger partial charge in [0.15, 0.2) is 0 Å². The Morgan fingerprint density at radius 1 is 0.690 bits per heavy atom. The summed E-state index contributed by atoms with van der Waals surface area (Å²) in [6, 6.07) is 21.5. The van der Waals surface area contributed by atoms with E-state index in [9.17, 15) is 4.39 Å². The first-order chi connectivity index (χ1) is 14.2. The third-order valence-corrected chi connectivity index (χ3v) is 4.80. The van der Waals surface area contributed by atoms with Crippen LogP contribution < -0.4 is 0 Å². The van der Waals surface area contributed by atoms with Crippen molar-refractivity contribution in [3.05, 3.63) is 94.8 Å². The van der Waals surface area contributed by atoms with E-state index in [2.05, 4.69) is 48.3 Å². The predicted molar refractivity (Wildman–Crippen MR) is 121 cm³/mol. The highest BCUT2D eigenvalue weighted by Gasteiger charge is 2.05. The molecule has 0 aliphatic carbocycles. The Kier molecular flexibility index (Phi) is 7.46. The van der Waals surface area contributed by atoms with Crippen LogP contribution in [0.1, 0.15) is 48.9 Å². The minimum atomic E-state index is -0.257. The van der Waals surface area contributed by atoms with E-state index in [1.54, 1.807) is 18.5 Å². The first-order valence-electron chi connectivity index (χ1n) is 10.2. The van der Waals surface area contributed by atoms with Crippen LogP contribution >= 0.6 is 0 Å². The summed E-state index contributed by atoms with van der Waals surface area (Å²) in [5.74, 6) is -0.257. The van der Waals surface area contributed by atoms with Crippen molar-refractivity contribution < 1.29 is 4.39 Å². The summed E-state index contributed by atoms with van der Waals surface area (Å²) in [4.78, 5) is 0. The number of nitrogens with zero attached hydrogens (tertiary/aromatic N) is 2. The summed E-state index contributed by atoms with van der Waals surface area (Å²) >= 11 is 0. The summed E-state index contributed by atoms with van der Waals surface area (Å²) in [6.45, 7) is 4.32. The molecule has 0 heterocycles. The lowest BCUT2D eigenvalue weighted by molar-refractivity contribution is 0.631. The Morgan fingerprint density at radius 2 is 1.21 bits per heavy atom. The summed E-state index contributed by atoms with van der Waals surface area (Å²) in [5, 5.41) is 8.12. The van der Waals surface area contributed by atoms with Crippen molar-refractivity contribution in [2.24, 2.45) is 10.2 Å². The van der Waals surface area contributed by atoms with E-state index in [-0.39, 0.29) is 5.82 Å². The second kappa shape index (κ2) is 10.5. The topological polar surface area (TPSA) is 24.7 Å². The zero-order valence-corrected chi connectivity index (χ0v) is 17.1. The molecule has 0 aliphatic heterocycles. The van der Waals surface area contributed by atoms with Gasteiger partial charge in [0, 0.05) is 5.56 Å². The predicted octanol–water partition coefficient (Wildman–Crippen LogP) is 6.85. The Hall–Kier alpha value is -3.07. The molecule has 3 rings (SSSR count). The molecule has 0 spiro atoms. The third kappa shape index (κ3) is 5.95. The average Bonchev–Trinajstić information content (AvgIpc) is 2.74. The second-order valence-electron chi connectivity index (χ2n) is 7.17. The minimum absolute atomic E-state index is 0.257. The van der Waals surface area contributed by atoms with Crippen LogP contribution in [0.4, 0.5) is 4.39 Å². The van der Waals surface area contributed by atoms with Crippen LogP contribution in [0.2, 0.25) is 0 Å². The fourth-order valence-corrected chi connectivity index (χ4v) is 3.24. The zero-order chi connectivity index (χ0) is 20.5. The van der Waals surface area contributed by atoms with Gasteiger partial charge in [0.05, 0.1) is 12.4 Å². The highest BCUT2D eigenvalue weighted by atomic mass is 19.1. The van der Waals surface area contributed by atoms with Gasteiger partial charge in [0.25, 0.3) is 0 Å². The van der Waals surface area contributed by atoms with E-state index in [0.29, 0.717) is 11.1 Å². The first-order valence-corrected chi connectivity index (χ1v) is 10.2. The molecule has 3 aromatic carbocycles. The molecular weight excluding hydrogens is 359 g/mol. The molecule has 3 heteroatoms. The highest BCUT2D eigenvalue weighted by Crippen LogP contribution is 2.24. The van der Waals surface area contributed by atoms with Crippen LogP contribution in [-0.2, 0) is 12.8 Å². The van der Waals surface area contributed by atoms with Gasteiger partial charge in [0.2, 0.25) is 0 Å². The molecular formula is C26H27FN2. The van der Waals surface area contributed by atoms with Crippen molar-refractivity contribution in [2.45, 2.75) is 39.5 Å². The number of halogens is 1. The molecule has 2 nitrogen and oxygen atoms in total. The van der Waals surface area contributed by atoms with Crippen molar-refractivity contribution >= 4 is 12.4 Å². The monoisotopic (exact) mass is 386 g/mol. The van der Waals surface area contributed by atoms with E-state index >= 15 is 0 Å². The molecule has 0 fully saturated rings. The Labute approximate surface area is 172 Å². The molecule has 0 amide bonds. The number of hydrogen-bond acceptors (Lipinski definition) is 2. The van der Waals surface area contributed by atoms with Gasteiger partial charge in [-0.05, 0) is 46.7 Å². The van der Waals surface area contributed by atoms with Gasteiger partial charge in [-0.15, -0.1) is 0 Å². The van der Waals surface area contributed by atoms with E-state index in [1.165, 1.54) is 17.2 Å². The third-order valence-electron chi connectivity index (χ3n) is 4.80. The van der Waals surface area contributed by atoms with Crippen molar-refractivity contribution in [1.82, 2.24) is 0 Å². The molecule has 29 heavy (non-hydrogen) atoms. The first kappa shape index (κ1) is 20.7. The lowest BCUT2D eigenvalue weighted by atomic mass is 10.0. The van der Waals surface area contributed by atoms with E-state index < -0.39 is 0 Å². The molecule has 3 aromatic rings. The van der Waals surface area contributed by atoms with E-state index in [4.69, 9.17) is 0 Å². The molecule has 0 aromatic heterocycles. The number of rotatable bonds is 8. The number of benzene rings is 3. The molecule has 0 unspecified atom stereocenters. The van der Waals surface area contributed by atoms with Crippen molar-refractivity contribution in [3.8, 4) is 11.1 Å². The molecule has 0 N–H and O–H groups in total. The van der Waals surface area contributed by atoms with Gasteiger partial charge in [0.1, 0.15) is 5.82 Å². The maximum Gasteiger partial charge on any atom is 0.131 e. The molecule has 0 saturated carbocycles. The van der Waals surface area contributed by atoms with Crippen LogP contribution in [0.15, 0.2) is 76.9 Å². The lowest BCUT2D eigenvalue weighted by Crippen LogP contribution is -1.90. The van der Waals surface area contributed by atoms with Crippen LogP contribution in [0.5, 0.6) is 0 Å². The molecule has 0 bridgehead atoms. The largest absolute Gasteiger partial charge is 0.206 e. The highest BCUT2D eigenvalue weighted by molar-refractivity contribution is 5.83. The second-order valence-corrected chi connectivity index (χ2v) is 7.17. The number of hydrogen-bond donors (Lipinski definition) is 0. The maximum absolute atomic E-state index is 14.6. The summed E-state index contributed by atoms with van der Waals surface area (Å²) in [7, 11) is 0. The Morgan fingerprint density at radius 3 is 1.76 bits per heavy atom. The van der Waals surface area contributed by atoms with E-state index in [1.807, 2.05) is 30.3 Å². The van der Waals surface area contributed by atoms with Crippen molar-refractivity contribution in [2.75, 3.05) is 0 Å². The zero-order valence-electron chi connectivity index (χ0n) is 17.1. The Bertz CT molecular complexity index is 971. The van der Waals surface area contributed by atoms with Crippen molar-refractivity contribution in [1.29, 1.82) is 0 Å². The van der Waals surface area contributed by atoms with Gasteiger partial charge in [-0.1, -0.05) is 87.4 Å². The fourth-order valence-electron chi connectivity index (χ4n) is 3.24. The van der Waals surface area contributed by atoms with Crippen LogP contribution in [0.25, 0.3) is 11.1 Å². The smallest absolute Gasteiger partial charge is 0.131 e. The van der Waals surface area contributed by atoms with Gasteiger partial charge >= 0.3 is 0 Å². The fraction of sp³-hybridized carbons (Fsp3) is 0.231. The molecule has 0 atom stereocenters. The maximum atomic E-state index is 14.6. The SMILES string of the molecule is CCCc1ccc(C=NN=Cc2ccc(-c3ccc(CCC)cc3)c(F)c2)cc1. The van der Waals surface area contributed by atoms with Gasteiger partial charge in [-0.3, -0.25) is 0 Å². The Balaban J connectivity index is 1.65. The summed E-state index contributed by atoms with van der Waals surface area (Å²) in [5.41, 5.74) is 5.76. The van der Waals surface area contributed by atoms with Gasteiger partial charge < -0.3 is 0 Å². The summed E-state index contributed by atoms with van der Waals surface area (Å²) in [6.07, 6.45) is 7.64. The number of aryl methyl sites for hydroxylation is 2. The summed E-state index contributed by atoms with van der Waals surface area (Å²) < 4.78 is 14.6. The van der Waals surface area contributed by atoms with Crippen LogP contribution in [-0.4, -0.2) is 12.4 Å². The average molecular weight is 387 g/mol. The molecule has 0 aliphatic rings. The van der Waals surface area contributed by atoms with Gasteiger partial charge in [-0.2, -0.15) is 10.2 Å². The van der Waals surface area contributed by atoms with Gasteiger partial charge in [-0.25, -0.2) is 4.39 Å². The van der Waals surface area contributed by atoms with Crippen LogP contribution in [0.3, 0.4) is 0 Å². The lowest BCUT2D eigenvalue weighted by Gasteiger charge is -2.06. The van der Waals surface area contributed by atoms with Crippen LogP contribution in [0, 0.1) is 5.82 Å².